The van der Waals surface area contributed by atoms with Gasteiger partial charge in [0.2, 0.25) is 0 Å². The molecule has 1 N–H and O–H groups in total. The Hall–Kier alpha value is -2.69. The molecule has 0 bridgehead atoms. The summed E-state index contributed by atoms with van der Waals surface area (Å²) in [4.78, 5) is 12.2. The molecule has 0 aromatic rings. The van der Waals surface area contributed by atoms with E-state index in [9.17, 15) is 9.90 Å². The monoisotopic (exact) mass is 791 g/mol. The van der Waals surface area contributed by atoms with Gasteiger partial charge in [0.25, 0.3) is 0 Å². The molecule has 0 aliphatic heterocycles. The molecule has 4 nitrogen and oxygen atoms in total. The minimum atomic E-state index is -0.553. The zero-order valence-electron chi connectivity index (χ0n) is 37.3. The Morgan fingerprint density at radius 3 is 1.19 bits per heavy atom. The predicted octanol–water partition coefficient (Wildman–Crippen LogP) is 16.1. The molecule has 1 unspecified atom stereocenters. The van der Waals surface area contributed by atoms with Crippen molar-refractivity contribution in [2.45, 2.75) is 213 Å². The molecule has 4 heteroatoms. The first kappa shape index (κ1) is 54.3. The van der Waals surface area contributed by atoms with Crippen LogP contribution in [0, 0.1) is 0 Å². The van der Waals surface area contributed by atoms with E-state index in [1.807, 2.05) is 0 Å². The van der Waals surface area contributed by atoms with Gasteiger partial charge in [-0.25, -0.2) is 0 Å². The predicted molar refractivity (Wildman–Crippen MR) is 251 cm³/mol. The zero-order valence-corrected chi connectivity index (χ0v) is 37.3. The molecule has 0 saturated carbocycles. The summed E-state index contributed by atoms with van der Waals surface area (Å²) in [6.45, 7) is 5.18. The number of unbranched alkanes of at least 4 members (excludes halogenated alkanes) is 19. The Kier molecular flexibility index (Phi) is 47.1. The fourth-order valence-corrected chi connectivity index (χ4v) is 6.36. The van der Waals surface area contributed by atoms with Crippen LogP contribution in [0.3, 0.4) is 0 Å². The lowest BCUT2D eigenvalue weighted by molar-refractivity contribution is -0.154. The lowest BCUT2D eigenvalue weighted by Crippen LogP contribution is -2.27. The van der Waals surface area contributed by atoms with E-state index in [2.05, 4.69) is 111 Å². The number of hydrogen-bond acceptors (Lipinski definition) is 4. The van der Waals surface area contributed by atoms with Gasteiger partial charge < -0.3 is 14.6 Å². The first-order valence-electron chi connectivity index (χ1n) is 23.8. The molecule has 0 rings (SSSR count). The number of aliphatic hydroxyl groups excluding tert-OH is 1. The van der Waals surface area contributed by atoms with E-state index in [1.165, 1.54) is 103 Å². The number of rotatable bonds is 43. The van der Waals surface area contributed by atoms with E-state index in [1.54, 1.807) is 0 Å². The van der Waals surface area contributed by atoms with Crippen molar-refractivity contribution in [3.05, 3.63) is 97.2 Å². The quantitative estimate of drug-likeness (QED) is 0.0380. The maximum atomic E-state index is 12.2. The third kappa shape index (κ3) is 47.6. The van der Waals surface area contributed by atoms with Crippen molar-refractivity contribution in [1.29, 1.82) is 0 Å². The van der Waals surface area contributed by atoms with E-state index in [-0.39, 0.29) is 19.2 Å². The Labute approximate surface area is 353 Å². The van der Waals surface area contributed by atoms with Gasteiger partial charge in [0.1, 0.15) is 6.10 Å². The summed E-state index contributed by atoms with van der Waals surface area (Å²) in [5, 5.41) is 9.64. The first-order chi connectivity index (χ1) is 28.2. The van der Waals surface area contributed by atoms with E-state index < -0.39 is 6.10 Å². The highest BCUT2D eigenvalue weighted by atomic mass is 16.6. The summed E-state index contributed by atoms with van der Waals surface area (Å²) < 4.78 is 11.2. The molecular weight excluding hydrogens is 701 g/mol. The Morgan fingerprint density at radius 2 is 0.789 bits per heavy atom. The zero-order chi connectivity index (χ0) is 41.2. The van der Waals surface area contributed by atoms with Crippen LogP contribution in [0.5, 0.6) is 0 Å². The summed E-state index contributed by atoms with van der Waals surface area (Å²) >= 11 is 0. The molecule has 0 amide bonds. The van der Waals surface area contributed by atoms with Gasteiger partial charge in [-0.05, 0) is 96.3 Å². The normalized spacial score (nSPS) is 13.2. The van der Waals surface area contributed by atoms with Crippen LogP contribution in [-0.4, -0.2) is 37.0 Å². The minimum absolute atomic E-state index is 0.186. The molecule has 0 aliphatic rings. The SMILES string of the molecule is CC/C=C\C/C=C\C/C=C\C/C=C\C/C=C\CCCCCCCCCCOCC(CO)OC(=O)CCCCCCCC/C=C\C/C=C\C/C=C\CCCCCCC. The molecule has 0 aromatic carbocycles. The number of hydrogen-bond donors (Lipinski definition) is 1. The van der Waals surface area contributed by atoms with Crippen molar-refractivity contribution in [2.24, 2.45) is 0 Å². The van der Waals surface area contributed by atoms with Gasteiger partial charge in [0.15, 0.2) is 0 Å². The van der Waals surface area contributed by atoms with Gasteiger partial charge >= 0.3 is 5.97 Å². The minimum Gasteiger partial charge on any atom is -0.457 e. The topological polar surface area (TPSA) is 55.8 Å². The molecule has 0 radical (unpaired) electrons. The smallest absolute Gasteiger partial charge is 0.306 e. The fourth-order valence-electron chi connectivity index (χ4n) is 6.36. The van der Waals surface area contributed by atoms with Crippen molar-refractivity contribution in [2.75, 3.05) is 19.8 Å². The Bertz CT molecular complexity index is 1060. The van der Waals surface area contributed by atoms with Crippen molar-refractivity contribution in [3.8, 4) is 0 Å². The molecule has 0 heterocycles. The second kappa shape index (κ2) is 49.5. The molecule has 57 heavy (non-hydrogen) atoms. The van der Waals surface area contributed by atoms with Crippen LogP contribution in [0.15, 0.2) is 97.2 Å². The number of esters is 1. The van der Waals surface area contributed by atoms with Crippen molar-refractivity contribution in [1.82, 2.24) is 0 Å². The standard InChI is InChI=1S/C53H90O4/c1-3-5-7-9-11-13-15-17-19-21-23-25-26-27-29-31-33-35-37-39-41-43-45-47-49-56-51-52(50-54)57-53(55)48-46-44-42-40-38-36-34-32-30-28-24-22-20-18-16-14-12-10-8-6-4-2/h5,7,11,13,16-19,22-25,27,29-30,32,52,54H,3-4,6,8-10,12,14-15,20-21,26,28,31,33-51H2,1-2H3/b7-5-,13-11-,18-16-,19-17-,24-22-,25-23-,29-27-,32-30-. The van der Waals surface area contributed by atoms with Gasteiger partial charge in [-0.2, -0.15) is 0 Å². The van der Waals surface area contributed by atoms with Gasteiger partial charge in [0.05, 0.1) is 13.2 Å². The molecule has 0 aromatic heterocycles. The van der Waals surface area contributed by atoms with Crippen LogP contribution in [0.1, 0.15) is 206 Å². The lowest BCUT2D eigenvalue weighted by Gasteiger charge is -2.15. The molecule has 326 valence electrons. The summed E-state index contributed by atoms with van der Waals surface area (Å²) in [6.07, 6.45) is 70.5. The number of carbonyl (C=O) groups excluding carboxylic acids is 1. The first-order valence-corrected chi connectivity index (χ1v) is 23.8. The van der Waals surface area contributed by atoms with Crippen LogP contribution in [0.4, 0.5) is 0 Å². The summed E-state index contributed by atoms with van der Waals surface area (Å²) in [7, 11) is 0. The second-order valence-electron chi connectivity index (χ2n) is 15.4. The Morgan fingerprint density at radius 1 is 0.439 bits per heavy atom. The summed E-state index contributed by atoms with van der Waals surface area (Å²) in [5.74, 6) is -0.219. The van der Waals surface area contributed by atoms with Crippen LogP contribution >= 0.6 is 0 Å². The Balaban J connectivity index is 3.51. The highest BCUT2D eigenvalue weighted by Crippen LogP contribution is 2.12. The van der Waals surface area contributed by atoms with Crippen LogP contribution in [-0.2, 0) is 14.3 Å². The largest absolute Gasteiger partial charge is 0.457 e. The molecule has 0 spiro atoms. The lowest BCUT2D eigenvalue weighted by atomic mass is 10.1. The molecule has 1 atom stereocenters. The van der Waals surface area contributed by atoms with Crippen LogP contribution < -0.4 is 0 Å². The third-order valence-electron chi connectivity index (χ3n) is 9.89. The van der Waals surface area contributed by atoms with E-state index in [4.69, 9.17) is 9.47 Å². The average Bonchev–Trinajstić information content (AvgIpc) is 3.22. The van der Waals surface area contributed by atoms with E-state index in [0.29, 0.717) is 13.0 Å². The molecular formula is C53H90O4. The van der Waals surface area contributed by atoms with Crippen LogP contribution in [0.2, 0.25) is 0 Å². The van der Waals surface area contributed by atoms with Gasteiger partial charge in [-0.1, -0.05) is 201 Å². The number of carbonyl (C=O) groups is 1. The van der Waals surface area contributed by atoms with Crippen molar-refractivity contribution >= 4 is 5.97 Å². The highest BCUT2D eigenvalue weighted by molar-refractivity contribution is 5.69. The number of aliphatic hydroxyl groups is 1. The molecule has 0 fully saturated rings. The summed E-state index contributed by atoms with van der Waals surface area (Å²) in [5.41, 5.74) is 0. The maximum absolute atomic E-state index is 12.2. The van der Waals surface area contributed by atoms with Gasteiger partial charge in [-0.3, -0.25) is 4.79 Å². The average molecular weight is 791 g/mol. The van der Waals surface area contributed by atoms with E-state index >= 15 is 0 Å². The fraction of sp³-hybridized carbons (Fsp3) is 0.679. The third-order valence-corrected chi connectivity index (χ3v) is 9.89. The number of ether oxygens (including phenoxy) is 2. The maximum Gasteiger partial charge on any atom is 0.306 e. The molecule has 0 saturated heterocycles. The van der Waals surface area contributed by atoms with Crippen molar-refractivity contribution < 1.29 is 19.4 Å². The van der Waals surface area contributed by atoms with E-state index in [0.717, 1.165) is 83.5 Å². The highest BCUT2D eigenvalue weighted by Gasteiger charge is 2.13. The van der Waals surface area contributed by atoms with Crippen LogP contribution in [0.25, 0.3) is 0 Å². The molecule has 0 aliphatic carbocycles. The van der Waals surface area contributed by atoms with Crippen molar-refractivity contribution in [3.63, 3.8) is 0 Å². The second-order valence-corrected chi connectivity index (χ2v) is 15.4. The number of allylic oxidation sites excluding steroid dienone is 16. The van der Waals surface area contributed by atoms with Gasteiger partial charge in [0, 0.05) is 13.0 Å². The summed E-state index contributed by atoms with van der Waals surface area (Å²) in [6, 6.07) is 0. The van der Waals surface area contributed by atoms with Gasteiger partial charge in [-0.15, -0.1) is 0 Å².